The molecule has 2 amide bonds. The molecule has 6 heteroatoms. The standard InChI is InChI=1S/C15H30N2O3S/c1-13(7-8-14(18)19)9-11-17-15(20)16-10-5-3-4-6-12-21-2/h13H,3-12H2,1-2H3,(H,18,19)(H2,16,17,20). The predicted molar refractivity (Wildman–Crippen MR) is 88.9 cm³/mol. The van der Waals surface area contributed by atoms with E-state index in [4.69, 9.17) is 5.11 Å². The molecule has 1 unspecified atom stereocenters. The van der Waals surface area contributed by atoms with Gasteiger partial charge in [-0.3, -0.25) is 4.79 Å². The number of carbonyl (C=O) groups is 2. The van der Waals surface area contributed by atoms with Crippen molar-refractivity contribution in [3.63, 3.8) is 0 Å². The molecular weight excluding hydrogens is 288 g/mol. The first-order valence-corrected chi connectivity index (χ1v) is 9.18. The quantitative estimate of drug-likeness (QED) is 0.456. The Balaban J connectivity index is 3.36. The van der Waals surface area contributed by atoms with Crippen molar-refractivity contribution >= 4 is 23.8 Å². The molecule has 124 valence electrons. The number of urea groups is 1. The summed E-state index contributed by atoms with van der Waals surface area (Å²) in [5.74, 6) is 0.775. The van der Waals surface area contributed by atoms with Gasteiger partial charge in [0.15, 0.2) is 0 Å². The molecule has 0 aromatic heterocycles. The first-order valence-electron chi connectivity index (χ1n) is 7.78. The fraction of sp³-hybridized carbons (Fsp3) is 0.867. The van der Waals surface area contributed by atoms with Crippen molar-refractivity contribution in [2.45, 2.75) is 51.9 Å². The molecule has 0 saturated heterocycles. The summed E-state index contributed by atoms with van der Waals surface area (Å²) in [4.78, 5) is 21.9. The lowest BCUT2D eigenvalue weighted by molar-refractivity contribution is -0.137. The van der Waals surface area contributed by atoms with E-state index in [9.17, 15) is 9.59 Å². The largest absolute Gasteiger partial charge is 0.481 e. The number of aliphatic carboxylic acids is 1. The molecule has 0 bridgehead atoms. The van der Waals surface area contributed by atoms with Crippen molar-refractivity contribution in [3.8, 4) is 0 Å². The molecule has 0 saturated carbocycles. The van der Waals surface area contributed by atoms with Gasteiger partial charge in [0, 0.05) is 19.5 Å². The summed E-state index contributed by atoms with van der Waals surface area (Å²) < 4.78 is 0. The number of carbonyl (C=O) groups excluding carboxylic acids is 1. The third-order valence-corrected chi connectivity index (χ3v) is 4.03. The van der Waals surface area contributed by atoms with E-state index >= 15 is 0 Å². The van der Waals surface area contributed by atoms with Gasteiger partial charge in [0.2, 0.25) is 0 Å². The minimum absolute atomic E-state index is 0.121. The van der Waals surface area contributed by atoms with Crippen LogP contribution in [0, 0.1) is 5.92 Å². The molecule has 0 radical (unpaired) electrons. The lowest BCUT2D eigenvalue weighted by atomic mass is 10.0. The highest BCUT2D eigenvalue weighted by atomic mass is 32.2. The summed E-state index contributed by atoms with van der Waals surface area (Å²) >= 11 is 1.87. The second-order valence-corrected chi connectivity index (χ2v) is 6.40. The van der Waals surface area contributed by atoms with Crippen molar-refractivity contribution in [3.05, 3.63) is 0 Å². The molecule has 1 atom stereocenters. The SMILES string of the molecule is CSCCCCCCNC(=O)NCCC(C)CCC(=O)O. The Morgan fingerprint density at radius 1 is 1.05 bits per heavy atom. The summed E-state index contributed by atoms with van der Waals surface area (Å²) in [6.07, 6.45) is 8.46. The maximum atomic E-state index is 11.5. The van der Waals surface area contributed by atoms with Gasteiger partial charge in [-0.1, -0.05) is 19.8 Å². The molecule has 5 nitrogen and oxygen atoms in total. The Bertz CT molecular complexity index is 288. The van der Waals surface area contributed by atoms with Gasteiger partial charge in [-0.25, -0.2) is 4.79 Å². The van der Waals surface area contributed by atoms with Crippen LogP contribution in [-0.4, -0.2) is 42.2 Å². The fourth-order valence-electron chi connectivity index (χ4n) is 1.94. The second-order valence-electron chi connectivity index (χ2n) is 5.42. The van der Waals surface area contributed by atoms with Crippen LogP contribution >= 0.6 is 11.8 Å². The Kier molecular flexibility index (Phi) is 13.4. The van der Waals surface area contributed by atoms with E-state index in [1.165, 1.54) is 18.6 Å². The molecule has 3 N–H and O–H groups in total. The minimum Gasteiger partial charge on any atom is -0.481 e. The lowest BCUT2D eigenvalue weighted by Gasteiger charge is -2.11. The van der Waals surface area contributed by atoms with Crippen LogP contribution in [0.5, 0.6) is 0 Å². The average Bonchev–Trinajstić information content (AvgIpc) is 2.44. The van der Waals surface area contributed by atoms with Crippen molar-refractivity contribution in [2.24, 2.45) is 5.92 Å². The third-order valence-electron chi connectivity index (χ3n) is 3.33. The van der Waals surface area contributed by atoms with Crippen LogP contribution in [0.3, 0.4) is 0 Å². The van der Waals surface area contributed by atoms with E-state index in [2.05, 4.69) is 16.9 Å². The highest BCUT2D eigenvalue weighted by molar-refractivity contribution is 7.98. The zero-order valence-corrected chi connectivity index (χ0v) is 14.1. The van der Waals surface area contributed by atoms with E-state index in [0.717, 1.165) is 25.8 Å². The first-order chi connectivity index (χ1) is 10.1. The maximum absolute atomic E-state index is 11.5. The van der Waals surface area contributed by atoms with Gasteiger partial charge in [-0.2, -0.15) is 11.8 Å². The molecule has 0 aliphatic carbocycles. The Labute approximate surface area is 132 Å². The van der Waals surface area contributed by atoms with Crippen LogP contribution in [0.25, 0.3) is 0 Å². The number of thioether (sulfide) groups is 1. The van der Waals surface area contributed by atoms with E-state index in [-0.39, 0.29) is 12.5 Å². The number of amides is 2. The van der Waals surface area contributed by atoms with Gasteiger partial charge in [-0.15, -0.1) is 0 Å². The molecular formula is C15H30N2O3S. The first kappa shape index (κ1) is 20.1. The average molecular weight is 318 g/mol. The molecule has 0 aliphatic heterocycles. The molecule has 0 aromatic carbocycles. The summed E-state index contributed by atoms with van der Waals surface area (Å²) in [6, 6.07) is -0.121. The van der Waals surface area contributed by atoms with Gasteiger partial charge in [0.05, 0.1) is 0 Å². The number of hydrogen-bond acceptors (Lipinski definition) is 3. The van der Waals surface area contributed by atoms with E-state index in [1.54, 1.807) is 0 Å². The molecule has 0 spiro atoms. The maximum Gasteiger partial charge on any atom is 0.314 e. The van der Waals surface area contributed by atoms with Crippen LogP contribution < -0.4 is 10.6 Å². The molecule has 0 rings (SSSR count). The highest BCUT2D eigenvalue weighted by Gasteiger charge is 2.06. The summed E-state index contributed by atoms with van der Waals surface area (Å²) in [5, 5.41) is 14.2. The molecule has 21 heavy (non-hydrogen) atoms. The van der Waals surface area contributed by atoms with Gasteiger partial charge in [0.1, 0.15) is 0 Å². The Hall–Kier alpha value is -0.910. The van der Waals surface area contributed by atoms with Crippen molar-refractivity contribution in [2.75, 3.05) is 25.1 Å². The van der Waals surface area contributed by atoms with Crippen molar-refractivity contribution in [1.82, 2.24) is 10.6 Å². The van der Waals surface area contributed by atoms with Crippen molar-refractivity contribution < 1.29 is 14.7 Å². The van der Waals surface area contributed by atoms with E-state index in [1.807, 2.05) is 18.7 Å². The molecule has 0 fully saturated rings. The topological polar surface area (TPSA) is 78.4 Å². The van der Waals surface area contributed by atoms with E-state index < -0.39 is 5.97 Å². The molecule has 0 aromatic rings. The zero-order chi connectivity index (χ0) is 15.9. The Morgan fingerprint density at radius 3 is 2.38 bits per heavy atom. The molecule has 0 aliphatic rings. The predicted octanol–water partition coefficient (Wildman–Crippen LogP) is 3.10. The third kappa shape index (κ3) is 15.3. The number of rotatable bonds is 13. The highest BCUT2D eigenvalue weighted by Crippen LogP contribution is 2.09. The zero-order valence-electron chi connectivity index (χ0n) is 13.3. The number of carboxylic acids is 1. The Morgan fingerprint density at radius 2 is 1.71 bits per heavy atom. The number of nitrogens with one attached hydrogen (secondary N) is 2. The normalized spacial score (nSPS) is 11.9. The number of hydrogen-bond donors (Lipinski definition) is 3. The fourth-order valence-corrected chi connectivity index (χ4v) is 2.43. The van der Waals surface area contributed by atoms with E-state index in [0.29, 0.717) is 18.9 Å². The minimum atomic E-state index is -0.759. The number of carboxylic acid groups (broad SMARTS) is 1. The van der Waals surface area contributed by atoms with Crippen molar-refractivity contribution in [1.29, 1.82) is 0 Å². The van der Waals surface area contributed by atoms with Crippen LogP contribution in [0.4, 0.5) is 4.79 Å². The van der Waals surface area contributed by atoms with Gasteiger partial charge >= 0.3 is 12.0 Å². The lowest BCUT2D eigenvalue weighted by Crippen LogP contribution is -2.36. The van der Waals surface area contributed by atoms with Gasteiger partial charge in [-0.05, 0) is 43.6 Å². The summed E-state index contributed by atoms with van der Waals surface area (Å²) in [7, 11) is 0. The second kappa shape index (κ2) is 14.0. The monoisotopic (exact) mass is 318 g/mol. The molecule has 0 heterocycles. The van der Waals surface area contributed by atoms with Gasteiger partial charge in [0.25, 0.3) is 0 Å². The van der Waals surface area contributed by atoms with Crippen LogP contribution in [-0.2, 0) is 4.79 Å². The van der Waals surface area contributed by atoms with Gasteiger partial charge < -0.3 is 15.7 Å². The summed E-state index contributed by atoms with van der Waals surface area (Å²) in [6.45, 7) is 3.33. The van der Waals surface area contributed by atoms with Crippen LogP contribution in [0.15, 0.2) is 0 Å². The number of unbranched alkanes of at least 4 members (excludes halogenated alkanes) is 3. The summed E-state index contributed by atoms with van der Waals surface area (Å²) in [5.41, 5.74) is 0. The smallest absolute Gasteiger partial charge is 0.314 e. The van der Waals surface area contributed by atoms with Crippen LogP contribution in [0.2, 0.25) is 0 Å². The van der Waals surface area contributed by atoms with Crippen LogP contribution in [0.1, 0.15) is 51.9 Å².